The zero-order chi connectivity index (χ0) is 20.1. The summed E-state index contributed by atoms with van der Waals surface area (Å²) in [5.41, 5.74) is 3.56. The second kappa shape index (κ2) is 9.06. The van der Waals surface area contributed by atoms with Crippen LogP contribution in [0.1, 0.15) is 29.0 Å². The van der Waals surface area contributed by atoms with Gasteiger partial charge in [0.2, 0.25) is 0 Å². The summed E-state index contributed by atoms with van der Waals surface area (Å²) in [5.74, 6) is 1.32. The number of rotatable bonds is 6. The van der Waals surface area contributed by atoms with E-state index in [4.69, 9.17) is 4.74 Å². The van der Waals surface area contributed by atoms with Crippen LogP contribution in [0, 0.1) is 5.92 Å². The molecule has 0 saturated carbocycles. The Bertz CT molecular complexity index is 900. The smallest absolute Gasteiger partial charge is 0.150 e. The molecule has 3 aromatic rings. The first kappa shape index (κ1) is 19.4. The van der Waals surface area contributed by atoms with E-state index in [1.165, 1.54) is 11.1 Å². The van der Waals surface area contributed by atoms with Gasteiger partial charge in [0.05, 0.1) is 13.7 Å². The van der Waals surface area contributed by atoms with E-state index in [9.17, 15) is 4.79 Å². The van der Waals surface area contributed by atoms with Crippen molar-refractivity contribution in [3.63, 3.8) is 0 Å². The zero-order valence-corrected chi connectivity index (χ0v) is 16.8. The number of likely N-dealkylation sites (tertiary alicyclic amines) is 1. The predicted octanol–water partition coefficient (Wildman–Crippen LogP) is 4.92. The van der Waals surface area contributed by atoms with Gasteiger partial charge in [0.15, 0.2) is 5.78 Å². The van der Waals surface area contributed by atoms with Crippen molar-refractivity contribution >= 4 is 5.78 Å². The number of methoxy groups -OCH3 is 1. The number of carbonyl (C=O) groups is 1. The maximum absolute atomic E-state index is 13.3. The Balaban J connectivity index is 1.54. The van der Waals surface area contributed by atoms with Crippen LogP contribution in [-0.4, -0.2) is 30.9 Å². The van der Waals surface area contributed by atoms with Crippen molar-refractivity contribution in [1.29, 1.82) is 0 Å². The highest BCUT2D eigenvalue weighted by atomic mass is 16.5. The Kier molecular flexibility index (Phi) is 6.06. The molecule has 0 amide bonds. The molecule has 0 aliphatic carbocycles. The van der Waals surface area contributed by atoms with Crippen LogP contribution in [-0.2, 0) is 11.3 Å². The predicted molar refractivity (Wildman–Crippen MR) is 116 cm³/mol. The van der Waals surface area contributed by atoms with E-state index in [1.807, 2.05) is 30.3 Å². The van der Waals surface area contributed by atoms with E-state index in [1.54, 1.807) is 7.11 Å². The van der Waals surface area contributed by atoms with Crippen LogP contribution >= 0.6 is 0 Å². The van der Waals surface area contributed by atoms with Crippen molar-refractivity contribution in [1.82, 2.24) is 4.90 Å². The largest absolute Gasteiger partial charge is 0.496 e. The number of ketones is 1. The molecule has 1 aliphatic rings. The minimum absolute atomic E-state index is 0.00807. The molecule has 0 aromatic heterocycles. The molecular formula is C26H27NO2. The minimum atomic E-state index is 0.00807. The molecule has 3 nitrogen and oxygen atoms in total. The normalized spacial score (nSPS) is 17.4. The number of para-hydroxylation sites is 1. The van der Waals surface area contributed by atoms with E-state index < -0.39 is 0 Å². The minimum Gasteiger partial charge on any atom is -0.496 e. The Labute approximate surface area is 172 Å². The second-order valence-electron chi connectivity index (χ2n) is 7.68. The molecular weight excluding hydrogens is 358 g/mol. The maximum Gasteiger partial charge on any atom is 0.150 e. The third kappa shape index (κ3) is 4.41. The third-order valence-corrected chi connectivity index (χ3v) is 5.86. The van der Waals surface area contributed by atoms with Gasteiger partial charge in [-0.05, 0) is 30.2 Å². The molecule has 1 unspecified atom stereocenters. The molecule has 0 radical (unpaired) electrons. The van der Waals surface area contributed by atoms with Crippen molar-refractivity contribution < 1.29 is 9.53 Å². The van der Waals surface area contributed by atoms with Crippen molar-refractivity contribution in [2.24, 2.45) is 5.92 Å². The van der Waals surface area contributed by atoms with Gasteiger partial charge in [-0.2, -0.15) is 0 Å². The number of hydrogen-bond acceptors (Lipinski definition) is 3. The quantitative estimate of drug-likeness (QED) is 0.603. The molecule has 3 aromatic carbocycles. The van der Waals surface area contributed by atoms with Crippen LogP contribution in [0.5, 0.6) is 5.75 Å². The molecule has 0 N–H and O–H groups in total. The van der Waals surface area contributed by atoms with E-state index >= 15 is 0 Å². The molecule has 1 fully saturated rings. The average Bonchev–Trinajstić information content (AvgIpc) is 2.77. The Morgan fingerprint density at radius 2 is 1.48 bits per heavy atom. The van der Waals surface area contributed by atoms with Crippen LogP contribution in [0.2, 0.25) is 0 Å². The standard InChI is InChI=1S/C26H27NO2/c1-29-25-15-9-8-14-22(25)18-27-17-16-23(24(28)19-27)26(20-10-4-2-5-11-20)21-12-6-3-7-13-21/h2-15,23,26H,16-19H2,1H3. The first-order chi connectivity index (χ1) is 14.3. The first-order valence-corrected chi connectivity index (χ1v) is 10.2. The SMILES string of the molecule is COc1ccccc1CN1CCC(C(c2ccccc2)c2ccccc2)C(=O)C1. The summed E-state index contributed by atoms with van der Waals surface area (Å²) in [7, 11) is 1.69. The maximum atomic E-state index is 13.3. The summed E-state index contributed by atoms with van der Waals surface area (Å²) in [5, 5.41) is 0. The van der Waals surface area contributed by atoms with Crippen molar-refractivity contribution in [2.75, 3.05) is 20.2 Å². The van der Waals surface area contributed by atoms with Crippen LogP contribution < -0.4 is 4.74 Å². The lowest BCUT2D eigenvalue weighted by Crippen LogP contribution is -2.42. The molecule has 1 atom stereocenters. The number of piperidine rings is 1. The van der Waals surface area contributed by atoms with Gasteiger partial charge in [0, 0.05) is 23.9 Å². The fourth-order valence-corrected chi connectivity index (χ4v) is 4.44. The second-order valence-corrected chi connectivity index (χ2v) is 7.68. The number of benzene rings is 3. The van der Waals surface area contributed by atoms with E-state index in [2.05, 4.69) is 59.5 Å². The molecule has 0 bridgehead atoms. The highest BCUT2D eigenvalue weighted by Crippen LogP contribution is 2.37. The van der Waals surface area contributed by atoms with Gasteiger partial charge in [0.25, 0.3) is 0 Å². The molecule has 4 rings (SSSR count). The van der Waals surface area contributed by atoms with Gasteiger partial charge in [0.1, 0.15) is 5.75 Å². The molecule has 1 heterocycles. The van der Waals surface area contributed by atoms with Crippen molar-refractivity contribution in [2.45, 2.75) is 18.9 Å². The van der Waals surface area contributed by atoms with Crippen molar-refractivity contribution in [3.05, 3.63) is 102 Å². The van der Waals surface area contributed by atoms with Crippen LogP contribution in [0.15, 0.2) is 84.9 Å². The van der Waals surface area contributed by atoms with Gasteiger partial charge < -0.3 is 4.74 Å². The van der Waals surface area contributed by atoms with Gasteiger partial charge in [-0.1, -0.05) is 78.9 Å². The number of nitrogens with zero attached hydrogens (tertiary/aromatic N) is 1. The molecule has 0 spiro atoms. The van der Waals surface area contributed by atoms with Gasteiger partial charge >= 0.3 is 0 Å². The zero-order valence-electron chi connectivity index (χ0n) is 16.8. The van der Waals surface area contributed by atoms with Crippen LogP contribution in [0.3, 0.4) is 0 Å². The van der Waals surface area contributed by atoms with Crippen LogP contribution in [0.25, 0.3) is 0 Å². The van der Waals surface area contributed by atoms with E-state index in [0.717, 1.165) is 30.8 Å². The highest BCUT2D eigenvalue weighted by Gasteiger charge is 2.35. The topological polar surface area (TPSA) is 29.5 Å². The van der Waals surface area contributed by atoms with Gasteiger partial charge in [-0.3, -0.25) is 9.69 Å². The van der Waals surface area contributed by atoms with Crippen molar-refractivity contribution in [3.8, 4) is 5.75 Å². The summed E-state index contributed by atoms with van der Waals surface area (Å²) in [4.78, 5) is 15.5. The summed E-state index contributed by atoms with van der Waals surface area (Å²) < 4.78 is 5.48. The summed E-state index contributed by atoms with van der Waals surface area (Å²) in [6, 6.07) is 28.9. The summed E-state index contributed by atoms with van der Waals surface area (Å²) >= 11 is 0. The lowest BCUT2D eigenvalue weighted by molar-refractivity contribution is -0.127. The molecule has 148 valence electrons. The summed E-state index contributed by atoms with van der Waals surface area (Å²) in [6.45, 7) is 2.13. The number of ether oxygens (including phenoxy) is 1. The Hall–Kier alpha value is -2.91. The monoisotopic (exact) mass is 385 g/mol. The third-order valence-electron chi connectivity index (χ3n) is 5.86. The lowest BCUT2D eigenvalue weighted by Gasteiger charge is -2.35. The number of carbonyl (C=O) groups excluding carboxylic acids is 1. The number of Topliss-reactive ketones (excluding diaryl/α,β-unsaturated/α-hetero) is 1. The van der Waals surface area contributed by atoms with Gasteiger partial charge in [-0.25, -0.2) is 0 Å². The van der Waals surface area contributed by atoms with E-state index in [0.29, 0.717) is 12.3 Å². The molecule has 1 aliphatic heterocycles. The number of hydrogen-bond donors (Lipinski definition) is 0. The van der Waals surface area contributed by atoms with Crippen LogP contribution in [0.4, 0.5) is 0 Å². The molecule has 3 heteroatoms. The first-order valence-electron chi connectivity index (χ1n) is 10.2. The Morgan fingerprint density at radius 3 is 2.07 bits per heavy atom. The molecule has 1 saturated heterocycles. The van der Waals surface area contributed by atoms with E-state index in [-0.39, 0.29) is 11.8 Å². The van der Waals surface area contributed by atoms with Gasteiger partial charge in [-0.15, -0.1) is 0 Å². The summed E-state index contributed by atoms with van der Waals surface area (Å²) in [6.07, 6.45) is 0.864. The highest BCUT2D eigenvalue weighted by molar-refractivity contribution is 5.85. The Morgan fingerprint density at radius 1 is 0.897 bits per heavy atom. The average molecular weight is 386 g/mol. The lowest BCUT2D eigenvalue weighted by atomic mass is 9.75. The molecule has 29 heavy (non-hydrogen) atoms. The fourth-order valence-electron chi connectivity index (χ4n) is 4.44. The fraction of sp³-hybridized carbons (Fsp3) is 0.269.